The highest BCUT2D eigenvalue weighted by Crippen LogP contribution is 2.19. The smallest absolute Gasteiger partial charge is 0.276 e. The summed E-state index contributed by atoms with van der Waals surface area (Å²) in [6, 6.07) is -0.984. The highest BCUT2D eigenvalue weighted by atomic mass is 35.5. The number of hydrogen-bond acceptors (Lipinski definition) is 2. The molecular weight excluding hydrogens is 185 g/mol. The third kappa shape index (κ3) is 2.54. The second kappa shape index (κ2) is 4.28. The van der Waals surface area contributed by atoms with E-state index in [1.165, 1.54) is 0 Å². The van der Waals surface area contributed by atoms with E-state index in [9.17, 15) is 8.78 Å². The molecule has 0 saturated carbocycles. The van der Waals surface area contributed by atoms with Gasteiger partial charge in [0.2, 0.25) is 0 Å². The Balaban J connectivity index is 0. The minimum atomic E-state index is -2.68. The number of hydrogen-bond donors (Lipinski definition) is 2. The molecule has 0 unspecified atom stereocenters. The van der Waals surface area contributed by atoms with E-state index < -0.39 is 12.0 Å². The maximum Gasteiger partial charge on any atom is 0.276 e. The summed E-state index contributed by atoms with van der Waals surface area (Å²) in [5.74, 6) is -2.68. The van der Waals surface area contributed by atoms with E-state index in [2.05, 4.69) is 5.32 Å². The topological polar surface area (TPSA) is 38.0 Å². The maximum absolute atomic E-state index is 12.2. The molecule has 0 aromatic rings. The van der Waals surface area contributed by atoms with Crippen molar-refractivity contribution in [1.82, 2.24) is 5.32 Å². The quantitative estimate of drug-likeness (QED) is 0.586. The van der Waals surface area contributed by atoms with Gasteiger partial charge in [0.25, 0.3) is 5.92 Å². The molecule has 1 rings (SSSR count). The molecule has 6 heteroatoms. The van der Waals surface area contributed by atoms with Gasteiger partial charge in [0.05, 0.1) is 12.6 Å². The minimum absolute atomic E-state index is 0. The zero-order valence-corrected chi connectivity index (χ0v) is 6.77. The summed E-state index contributed by atoms with van der Waals surface area (Å²) >= 11 is 0. The Kier molecular flexibility index (Phi) is 5.56. The van der Waals surface area contributed by atoms with Crippen molar-refractivity contribution < 1.29 is 8.78 Å². The van der Waals surface area contributed by atoms with E-state index in [1.54, 1.807) is 0 Å². The van der Waals surface area contributed by atoms with Crippen molar-refractivity contribution in [3.05, 3.63) is 0 Å². The van der Waals surface area contributed by atoms with Crippen LogP contribution in [0.3, 0.4) is 0 Å². The fourth-order valence-electron chi connectivity index (χ4n) is 0.675. The van der Waals surface area contributed by atoms with Gasteiger partial charge < -0.3 is 11.1 Å². The highest BCUT2D eigenvalue weighted by Gasteiger charge is 2.41. The first-order chi connectivity index (χ1) is 3.63. The van der Waals surface area contributed by atoms with E-state index in [-0.39, 0.29) is 37.9 Å². The predicted octanol–water partition coefficient (Wildman–Crippen LogP) is 0.396. The monoisotopic (exact) mass is 194 g/mol. The Bertz CT molecular complexity index is 101. The summed E-state index contributed by atoms with van der Waals surface area (Å²) in [5.41, 5.74) is 5.00. The van der Waals surface area contributed by atoms with E-state index in [4.69, 9.17) is 5.73 Å². The Morgan fingerprint density at radius 1 is 1.40 bits per heavy atom. The van der Waals surface area contributed by atoms with Crippen LogP contribution in [0.15, 0.2) is 0 Å². The molecule has 0 bridgehead atoms. The molecule has 0 amide bonds. The molecule has 1 saturated heterocycles. The molecule has 2 nitrogen and oxygen atoms in total. The lowest BCUT2D eigenvalue weighted by Crippen LogP contribution is -2.38. The number of alkyl halides is 2. The van der Waals surface area contributed by atoms with Crippen molar-refractivity contribution in [2.24, 2.45) is 5.73 Å². The average Bonchev–Trinajstić information content (AvgIpc) is 1.86. The summed E-state index contributed by atoms with van der Waals surface area (Å²) in [6.45, 7) is -0.0405. The second-order valence-corrected chi connectivity index (χ2v) is 2.00. The van der Waals surface area contributed by atoms with Crippen molar-refractivity contribution in [1.29, 1.82) is 0 Å². The van der Waals surface area contributed by atoms with Gasteiger partial charge in [-0.2, -0.15) is 0 Å². The van der Waals surface area contributed by atoms with Gasteiger partial charge in [-0.1, -0.05) is 0 Å². The van der Waals surface area contributed by atoms with Gasteiger partial charge >= 0.3 is 0 Å². The Labute approximate surface area is 70.4 Å². The van der Waals surface area contributed by atoms with Gasteiger partial charge in [-0.05, 0) is 0 Å². The zero-order chi connectivity index (χ0) is 6.20. The molecule has 0 spiro atoms. The average molecular weight is 195 g/mol. The molecule has 0 aliphatic carbocycles. The molecule has 0 radical (unpaired) electrons. The lowest BCUT2D eigenvalue weighted by Gasteiger charge is -2.10. The predicted molar refractivity (Wildman–Crippen MR) is 40.3 cm³/mol. The van der Waals surface area contributed by atoms with Crippen molar-refractivity contribution in [3.63, 3.8) is 0 Å². The van der Waals surface area contributed by atoms with Gasteiger partial charge in [-0.3, -0.25) is 0 Å². The molecule has 3 N–H and O–H groups in total. The fraction of sp³-hybridized carbons (Fsp3) is 1.00. The number of halogens is 4. The first-order valence-corrected chi connectivity index (χ1v) is 2.47. The zero-order valence-electron chi connectivity index (χ0n) is 5.14. The molecule has 1 atom stereocenters. The van der Waals surface area contributed by atoms with E-state index in [1.807, 2.05) is 0 Å². The lowest BCUT2D eigenvalue weighted by molar-refractivity contribution is 0.00814. The summed E-state index contributed by atoms with van der Waals surface area (Å²) in [5, 5.41) is 2.49. The van der Waals surface area contributed by atoms with Gasteiger partial charge in [0, 0.05) is 6.54 Å². The van der Waals surface area contributed by atoms with Crippen molar-refractivity contribution >= 4 is 24.8 Å². The SMILES string of the molecule is Cl.Cl.N[C@@H]1CNCC1(F)F. The number of rotatable bonds is 0. The third-order valence-electron chi connectivity index (χ3n) is 1.27. The number of nitrogens with two attached hydrogens (primary N) is 1. The van der Waals surface area contributed by atoms with Gasteiger partial charge in [-0.15, -0.1) is 24.8 Å². The van der Waals surface area contributed by atoms with Crippen LogP contribution >= 0.6 is 24.8 Å². The Hall–Kier alpha value is 0.360. The lowest BCUT2D eigenvalue weighted by atomic mass is 10.2. The Morgan fingerprint density at radius 3 is 2.00 bits per heavy atom. The van der Waals surface area contributed by atoms with Gasteiger partial charge in [-0.25, -0.2) is 8.78 Å². The van der Waals surface area contributed by atoms with Crippen LogP contribution in [0.5, 0.6) is 0 Å². The summed E-state index contributed by atoms with van der Waals surface area (Å²) in [7, 11) is 0. The summed E-state index contributed by atoms with van der Waals surface area (Å²) in [6.07, 6.45) is 0. The second-order valence-electron chi connectivity index (χ2n) is 2.00. The Morgan fingerprint density at radius 2 is 1.90 bits per heavy atom. The van der Waals surface area contributed by atoms with E-state index >= 15 is 0 Å². The van der Waals surface area contributed by atoms with Crippen LogP contribution in [0.2, 0.25) is 0 Å². The molecular formula is C4H10Cl2F2N2. The standard InChI is InChI=1S/C4H8F2N2.2ClH/c5-4(6)2-8-1-3(4)7;;/h3,8H,1-2,7H2;2*1H/t3-;;/m1../s1. The third-order valence-corrected chi connectivity index (χ3v) is 1.27. The minimum Gasteiger partial charge on any atom is -0.322 e. The molecule has 1 aliphatic rings. The van der Waals surface area contributed by atoms with Crippen molar-refractivity contribution in [2.75, 3.05) is 13.1 Å². The summed E-state index contributed by atoms with van der Waals surface area (Å²) < 4.78 is 24.3. The molecule has 64 valence electrons. The fourth-order valence-corrected chi connectivity index (χ4v) is 0.675. The van der Waals surface area contributed by atoms with Crippen LogP contribution in [0.25, 0.3) is 0 Å². The first-order valence-electron chi connectivity index (χ1n) is 2.47. The van der Waals surface area contributed by atoms with Crippen LogP contribution in [0.1, 0.15) is 0 Å². The highest BCUT2D eigenvalue weighted by molar-refractivity contribution is 5.85. The van der Waals surface area contributed by atoms with Crippen LogP contribution in [-0.4, -0.2) is 25.1 Å². The largest absolute Gasteiger partial charge is 0.322 e. The van der Waals surface area contributed by atoms with E-state index in [0.29, 0.717) is 0 Å². The molecule has 0 aromatic heterocycles. The van der Waals surface area contributed by atoms with Gasteiger partial charge in [0.1, 0.15) is 0 Å². The first kappa shape index (κ1) is 13.0. The van der Waals surface area contributed by atoms with Gasteiger partial charge in [0.15, 0.2) is 0 Å². The van der Waals surface area contributed by atoms with Crippen LogP contribution in [0, 0.1) is 0 Å². The normalized spacial score (nSPS) is 28.5. The van der Waals surface area contributed by atoms with Crippen molar-refractivity contribution in [3.8, 4) is 0 Å². The maximum atomic E-state index is 12.2. The molecule has 10 heavy (non-hydrogen) atoms. The van der Waals surface area contributed by atoms with Crippen LogP contribution in [0.4, 0.5) is 8.78 Å². The molecule has 1 fully saturated rings. The van der Waals surface area contributed by atoms with E-state index in [0.717, 1.165) is 0 Å². The summed E-state index contributed by atoms with van der Waals surface area (Å²) in [4.78, 5) is 0. The van der Waals surface area contributed by atoms with Crippen molar-refractivity contribution in [2.45, 2.75) is 12.0 Å². The van der Waals surface area contributed by atoms with Crippen LogP contribution < -0.4 is 11.1 Å². The molecule has 1 aliphatic heterocycles. The molecule has 0 aromatic carbocycles. The number of nitrogens with one attached hydrogen (secondary N) is 1. The molecule has 1 heterocycles. The van der Waals surface area contributed by atoms with Crippen LogP contribution in [-0.2, 0) is 0 Å².